The van der Waals surface area contributed by atoms with Crippen molar-refractivity contribution < 1.29 is 21.6 Å². The Hall–Kier alpha value is -1.17. The van der Waals surface area contributed by atoms with Crippen LogP contribution >= 0.6 is 22.9 Å². The first kappa shape index (κ1) is 19.6. The van der Waals surface area contributed by atoms with Gasteiger partial charge < -0.3 is 4.74 Å². The third-order valence-corrected chi connectivity index (χ3v) is 8.99. The molecular weight excluding hydrogens is 420 g/mol. The first-order chi connectivity index (χ1) is 12.2. The molecule has 1 saturated heterocycles. The highest BCUT2D eigenvalue weighted by molar-refractivity contribution is 7.94. The van der Waals surface area contributed by atoms with Gasteiger partial charge >= 0.3 is 0 Å². The predicted octanol–water partition coefficient (Wildman–Crippen LogP) is 2.53. The smallest absolute Gasteiger partial charge is 0.271 e. The Kier molecular flexibility index (Phi) is 5.61. The van der Waals surface area contributed by atoms with Gasteiger partial charge in [0, 0.05) is 13.1 Å². The monoisotopic (exact) mass is 436 g/mol. The zero-order valence-electron chi connectivity index (χ0n) is 13.8. The molecule has 0 unspecified atom stereocenters. The van der Waals surface area contributed by atoms with E-state index in [0.717, 1.165) is 11.3 Å². The summed E-state index contributed by atoms with van der Waals surface area (Å²) < 4.78 is 60.0. The van der Waals surface area contributed by atoms with E-state index in [4.69, 9.17) is 16.3 Å². The molecule has 3 rings (SSSR count). The lowest BCUT2D eigenvalue weighted by Crippen LogP contribution is -2.40. The van der Waals surface area contributed by atoms with E-state index in [9.17, 15) is 16.8 Å². The molecule has 0 spiro atoms. The zero-order valence-corrected chi connectivity index (χ0v) is 17.0. The zero-order chi connectivity index (χ0) is 18.9. The third kappa shape index (κ3) is 4.05. The number of nitrogens with one attached hydrogen (secondary N) is 1. The average molecular weight is 437 g/mol. The third-order valence-electron chi connectivity index (χ3n) is 3.84. The van der Waals surface area contributed by atoms with Crippen LogP contribution in [0.1, 0.15) is 5.56 Å². The lowest BCUT2D eigenvalue weighted by Gasteiger charge is -2.26. The molecule has 1 aliphatic heterocycles. The van der Waals surface area contributed by atoms with Crippen molar-refractivity contribution in [2.75, 3.05) is 31.0 Å². The fourth-order valence-corrected chi connectivity index (χ4v) is 6.71. The highest BCUT2D eigenvalue weighted by atomic mass is 35.5. The van der Waals surface area contributed by atoms with E-state index in [1.807, 2.05) is 0 Å². The van der Waals surface area contributed by atoms with Gasteiger partial charge in [-0.25, -0.2) is 16.8 Å². The van der Waals surface area contributed by atoms with E-state index < -0.39 is 20.0 Å². The second-order valence-electron chi connectivity index (χ2n) is 5.66. The summed E-state index contributed by atoms with van der Waals surface area (Å²) in [5.41, 5.74) is 0.713. The van der Waals surface area contributed by atoms with Crippen molar-refractivity contribution in [3.05, 3.63) is 40.2 Å². The molecule has 0 radical (unpaired) electrons. The van der Waals surface area contributed by atoms with Crippen LogP contribution in [0, 0.1) is 6.92 Å². The Morgan fingerprint density at radius 1 is 1.12 bits per heavy atom. The Morgan fingerprint density at radius 3 is 2.42 bits per heavy atom. The summed E-state index contributed by atoms with van der Waals surface area (Å²) >= 11 is 6.72. The first-order valence-electron chi connectivity index (χ1n) is 7.67. The Labute approximate surface area is 161 Å². The largest absolute Gasteiger partial charge is 0.379 e. The predicted molar refractivity (Wildman–Crippen MR) is 101 cm³/mol. The number of hydrogen-bond acceptors (Lipinski definition) is 6. The Bertz CT molecular complexity index is 1010. The Balaban J connectivity index is 1.93. The van der Waals surface area contributed by atoms with Crippen LogP contribution in [-0.4, -0.2) is 47.4 Å². The Morgan fingerprint density at radius 2 is 1.81 bits per heavy atom. The summed E-state index contributed by atoms with van der Waals surface area (Å²) in [5, 5.41) is 0. The standard InChI is InChI=1S/C15H17ClN2O5S3/c1-11-2-3-12(17-25(19,20)15-5-4-14(16)24-15)10-13(11)26(21,22)18-6-8-23-9-7-18/h2-5,10,17H,6-9H2,1H3. The number of hydrogen-bond donors (Lipinski definition) is 1. The van der Waals surface area contributed by atoms with Crippen LogP contribution in [0.5, 0.6) is 0 Å². The summed E-state index contributed by atoms with van der Waals surface area (Å²) in [4.78, 5) is 0.0730. The summed E-state index contributed by atoms with van der Waals surface area (Å²) in [6.07, 6.45) is 0. The number of sulfonamides is 2. The molecule has 0 aliphatic carbocycles. The molecule has 2 aromatic rings. The minimum absolute atomic E-state index is 0.0562. The fraction of sp³-hybridized carbons (Fsp3) is 0.333. The highest BCUT2D eigenvalue weighted by Gasteiger charge is 2.28. The van der Waals surface area contributed by atoms with Crippen molar-refractivity contribution in [2.45, 2.75) is 16.0 Å². The molecule has 26 heavy (non-hydrogen) atoms. The van der Waals surface area contributed by atoms with Gasteiger partial charge in [-0.05, 0) is 36.8 Å². The van der Waals surface area contributed by atoms with Crippen molar-refractivity contribution in [1.82, 2.24) is 4.31 Å². The van der Waals surface area contributed by atoms with Gasteiger partial charge in [0.25, 0.3) is 10.0 Å². The minimum atomic E-state index is -3.84. The topological polar surface area (TPSA) is 92.8 Å². The maximum absolute atomic E-state index is 12.9. The van der Waals surface area contributed by atoms with Crippen molar-refractivity contribution in [1.29, 1.82) is 0 Å². The maximum Gasteiger partial charge on any atom is 0.271 e. The molecular formula is C15H17ClN2O5S3. The molecule has 0 amide bonds. The van der Waals surface area contributed by atoms with Gasteiger partial charge in [0.1, 0.15) is 4.21 Å². The second kappa shape index (κ2) is 7.45. The molecule has 0 saturated carbocycles. The van der Waals surface area contributed by atoms with Crippen molar-refractivity contribution in [3.63, 3.8) is 0 Å². The number of morpholine rings is 1. The first-order valence-corrected chi connectivity index (χ1v) is 11.8. The van der Waals surface area contributed by atoms with E-state index in [0.29, 0.717) is 23.1 Å². The van der Waals surface area contributed by atoms with E-state index in [1.54, 1.807) is 13.0 Å². The van der Waals surface area contributed by atoms with Gasteiger partial charge in [-0.3, -0.25) is 4.72 Å². The van der Waals surface area contributed by atoms with Crippen LogP contribution in [-0.2, 0) is 24.8 Å². The van der Waals surface area contributed by atoms with E-state index in [1.165, 1.54) is 28.6 Å². The summed E-state index contributed by atoms with van der Waals surface area (Å²) in [6, 6.07) is 7.33. The molecule has 2 heterocycles. The molecule has 1 N–H and O–H groups in total. The molecule has 142 valence electrons. The lowest BCUT2D eigenvalue weighted by atomic mass is 10.2. The van der Waals surface area contributed by atoms with Gasteiger partial charge in [0.15, 0.2) is 0 Å². The minimum Gasteiger partial charge on any atom is -0.379 e. The number of halogens is 1. The van der Waals surface area contributed by atoms with Gasteiger partial charge in [0.2, 0.25) is 10.0 Å². The van der Waals surface area contributed by atoms with Gasteiger partial charge in [-0.15, -0.1) is 11.3 Å². The molecule has 1 aromatic carbocycles. The number of aryl methyl sites for hydroxylation is 1. The number of anilines is 1. The van der Waals surface area contributed by atoms with Crippen LogP contribution in [0.2, 0.25) is 4.34 Å². The van der Waals surface area contributed by atoms with E-state index >= 15 is 0 Å². The van der Waals surface area contributed by atoms with Crippen LogP contribution in [0.3, 0.4) is 0 Å². The molecule has 7 nitrogen and oxygen atoms in total. The molecule has 0 bridgehead atoms. The highest BCUT2D eigenvalue weighted by Crippen LogP contribution is 2.29. The molecule has 11 heteroatoms. The van der Waals surface area contributed by atoms with E-state index in [-0.39, 0.29) is 27.9 Å². The van der Waals surface area contributed by atoms with Gasteiger partial charge in [0.05, 0.1) is 28.1 Å². The van der Waals surface area contributed by atoms with Crippen molar-refractivity contribution in [2.24, 2.45) is 0 Å². The summed E-state index contributed by atoms with van der Waals surface area (Å²) in [7, 11) is -7.57. The number of ether oxygens (including phenoxy) is 1. The molecule has 1 aliphatic rings. The lowest BCUT2D eigenvalue weighted by molar-refractivity contribution is 0.0730. The van der Waals surface area contributed by atoms with Crippen molar-refractivity contribution in [3.8, 4) is 0 Å². The molecule has 0 atom stereocenters. The SMILES string of the molecule is Cc1ccc(NS(=O)(=O)c2ccc(Cl)s2)cc1S(=O)(=O)N1CCOCC1. The maximum atomic E-state index is 12.9. The van der Waals surface area contributed by atoms with Crippen LogP contribution in [0.25, 0.3) is 0 Å². The fourth-order valence-electron chi connectivity index (χ4n) is 2.52. The summed E-state index contributed by atoms with van der Waals surface area (Å²) in [6.45, 7) is 2.88. The number of nitrogens with zero attached hydrogens (tertiary/aromatic N) is 1. The van der Waals surface area contributed by atoms with E-state index in [2.05, 4.69) is 4.72 Å². The van der Waals surface area contributed by atoms with Crippen LogP contribution in [0.15, 0.2) is 39.4 Å². The number of thiophene rings is 1. The number of rotatable bonds is 5. The molecule has 1 fully saturated rings. The average Bonchev–Trinajstić information content (AvgIpc) is 3.04. The quantitative estimate of drug-likeness (QED) is 0.777. The van der Waals surface area contributed by atoms with Crippen LogP contribution in [0.4, 0.5) is 5.69 Å². The van der Waals surface area contributed by atoms with Gasteiger partial charge in [-0.2, -0.15) is 4.31 Å². The van der Waals surface area contributed by atoms with Gasteiger partial charge in [-0.1, -0.05) is 17.7 Å². The summed E-state index contributed by atoms with van der Waals surface area (Å²) in [5.74, 6) is 0. The number of benzene rings is 1. The van der Waals surface area contributed by atoms with Crippen molar-refractivity contribution >= 4 is 48.7 Å². The second-order valence-corrected chi connectivity index (χ2v) is 11.2. The van der Waals surface area contributed by atoms with Crippen LogP contribution < -0.4 is 4.72 Å². The normalized spacial score (nSPS) is 16.5. The molecule has 1 aromatic heterocycles.